The SMILES string of the molecule is CN=C(NCc1cccc2cccnc12)N1CC(C)CC(C)C1. The van der Waals surface area contributed by atoms with Crippen LogP contribution < -0.4 is 5.32 Å². The number of guanidine groups is 1. The van der Waals surface area contributed by atoms with Crippen molar-refractivity contribution in [1.82, 2.24) is 15.2 Å². The van der Waals surface area contributed by atoms with Crippen molar-refractivity contribution in [2.75, 3.05) is 20.1 Å². The van der Waals surface area contributed by atoms with Crippen LogP contribution in [0.5, 0.6) is 0 Å². The highest BCUT2D eigenvalue weighted by Crippen LogP contribution is 2.21. The van der Waals surface area contributed by atoms with Gasteiger partial charge in [0.15, 0.2) is 5.96 Å². The molecular weight excluding hydrogens is 284 g/mol. The number of piperidine rings is 1. The van der Waals surface area contributed by atoms with Crippen LogP contribution in [0.4, 0.5) is 0 Å². The average Bonchev–Trinajstić information content (AvgIpc) is 2.54. The third kappa shape index (κ3) is 3.63. The van der Waals surface area contributed by atoms with Crippen LogP contribution in [0.2, 0.25) is 0 Å². The molecule has 1 N–H and O–H groups in total. The average molecular weight is 310 g/mol. The van der Waals surface area contributed by atoms with E-state index in [-0.39, 0.29) is 0 Å². The van der Waals surface area contributed by atoms with Gasteiger partial charge in [-0.25, -0.2) is 0 Å². The minimum Gasteiger partial charge on any atom is -0.352 e. The van der Waals surface area contributed by atoms with Gasteiger partial charge in [0.05, 0.1) is 5.52 Å². The highest BCUT2D eigenvalue weighted by molar-refractivity contribution is 5.83. The fourth-order valence-corrected chi connectivity index (χ4v) is 3.65. The molecule has 23 heavy (non-hydrogen) atoms. The van der Waals surface area contributed by atoms with Crippen molar-refractivity contribution in [1.29, 1.82) is 0 Å². The number of fused-ring (bicyclic) bond motifs is 1. The van der Waals surface area contributed by atoms with Gasteiger partial charge in [-0.15, -0.1) is 0 Å². The molecule has 1 aromatic carbocycles. The number of benzene rings is 1. The number of aromatic nitrogens is 1. The van der Waals surface area contributed by atoms with E-state index in [0.717, 1.165) is 42.9 Å². The van der Waals surface area contributed by atoms with Gasteiger partial charge >= 0.3 is 0 Å². The van der Waals surface area contributed by atoms with Gasteiger partial charge < -0.3 is 10.2 Å². The molecular formula is C19H26N4. The molecule has 2 heterocycles. The highest BCUT2D eigenvalue weighted by Gasteiger charge is 2.23. The topological polar surface area (TPSA) is 40.5 Å². The van der Waals surface area contributed by atoms with E-state index in [1.54, 1.807) is 0 Å². The van der Waals surface area contributed by atoms with Crippen LogP contribution in [0.1, 0.15) is 25.8 Å². The summed E-state index contributed by atoms with van der Waals surface area (Å²) >= 11 is 0. The Labute approximate surface area is 138 Å². The van der Waals surface area contributed by atoms with Gasteiger partial charge in [-0.3, -0.25) is 9.98 Å². The summed E-state index contributed by atoms with van der Waals surface area (Å²) in [5.41, 5.74) is 2.28. The van der Waals surface area contributed by atoms with E-state index in [0.29, 0.717) is 0 Å². The molecule has 1 fully saturated rings. The molecule has 4 heteroatoms. The fourth-order valence-electron chi connectivity index (χ4n) is 3.65. The number of rotatable bonds is 2. The first kappa shape index (κ1) is 15.8. The molecule has 4 nitrogen and oxygen atoms in total. The predicted molar refractivity (Wildman–Crippen MR) is 96.5 cm³/mol. The fraction of sp³-hybridized carbons (Fsp3) is 0.474. The van der Waals surface area contributed by atoms with Gasteiger partial charge in [-0.1, -0.05) is 38.1 Å². The quantitative estimate of drug-likeness (QED) is 0.683. The minimum absolute atomic E-state index is 0.719. The standard InChI is InChI=1S/C19H26N4/c1-14-10-15(2)13-23(12-14)19(20-3)22-11-17-7-4-6-16-8-5-9-21-18(16)17/h4-9,14-15H,10-13H2,1-3H3,(H,20,22). The first-order chi connectivity index (χ1) is 11.2. The maximum atomic E-state index is 4.53. The lowest BCUT2D eigenvalue weighted by Crippen LogP contribution is -2.48. The molecule has 2 atom stereocenters. The molecule has 2 aromatic rings. The Morgan fingerprint density at radius 3 is 2.70 bits per heavy atom. The van der Waals surface area contributed by atoms with Crippen LogP contribution in [0, 0.1) is 11.8 Å². The van der Waals surface area contributed by atoms with E-state index in [1.807, 2.05) is 19.3 Å². The summed E-state index contributed by atoms with van der Waals surface area (Å²) in [7, 11) is 1.87. The van der Waals surface area contributed by atoms with Crippen LogP contribution in [0.15, 0.2) is 41.5 Å². The molecule has 1 aliphatic rings. The van der Waals surface area contributed by atoms with Crippen molar-refractivity contribution in [3.63, 3.8) is 0 Å². The molecule has 0 radical (unpaired) electrons. The van der Waals surface area contributed by atoms with E-state index in [9.17, 15) is 0 Å². The van der Waals surface area contributed by atoms with Gasteiger partial charge in [0.25, 0.3) is 0 Å². The second kappa shape index (κ2) is 6.99. The first-order valence-corrected chi connectivity index (χ1v) is 8.45. The Kier molecular flexibility index (Phi) is 4.79. The Morgan fingerprint density at radius 1 is 1.22 bits per heavy atom. The van der Waals surface area contributed by atoms with Gasteiger partial charge in [-0.05, 0) is 29.9 Å². The molecule has 122 valence electrons. The predicted octanol–water partition coefficient (Wildman–Crippen LogP) is 3.29. The number of likely N-dealkylation sites (tertiary alicyclic amines) is 1. The normalized spacial score (nSPS) is 22.4. The lowest BCUT2D eigenvalue weighted by molar-refractivity contribution is 0.208. The molecule has 1 aliphatic heterocycles. The summed E-state index contributed by atoms with van der Waals surface area (Å²) in [5.74, 6) is 2.43. The summed E-state index contributed by atoms with van der Waals surface area (Å²) in [6.07, 6.45) is 3.16. The van der Waals surface area contributed by atoms with E-state index < -0.39 is 0 Å². The molecule has 0 aliphatic carbocycles. The van der Waals surface area contributed by atoms with Gasteiger partial charge in [0, 0.05) is 38.3 Å². The third-order valence-corrected chi connectivity index (χ3v) is 4.53. The van der Waals surface area contributed by atoms with Gasteiger partial charge in [0.2, 0.25) is 0 Å². The van der Waals surface area contributed by atoms with Crippen molar-refractivity contribution < 1.29 is 0 Å². The van der Waals surface area contributed by atoms with Crippen molar-refractivity contribution in [3.05, 3.63) is 42.1 Å². The molecule has 0 amide bonds. The summed E-state index contributed by atoms with van der Waals surface area (Å²) in [4.78, 5) is 11.4. The summed E-state index contributed by atoms with van der Waals surface area (Å²) in [5, 5.41) is 4.71. The van der Waals surface area contributed by atoms with Crippen LogP contribution >= 0.6 is 0 Å². The third-order valence-electron chi connectivity index (χ3n) is 4.53. The second-order valence-corrected chi connectivity index (χ2v) is 6.74. The minimum atomic E-state index is 0.719. The van der Waals surface area contributed by atoms with Crippen LogP contribution in [-0.2, 0) is 6.54 Å². The smallest absolute Gasteiger partial charge is 0.193 e. The molecule has 0 bridgehead atoms. The van der Waals surface area contributed by atoms with Gasteiger partial charge in [-0.2, -0.15) is 0 Å². The van der Waals surface area contributed by atoms with E-state index in [1.165, 1.54) is 17.4 Å². The van der Waals surface area contributed by atoms with E-state index in [2.05, 4.69) is 58.3 Å². The van der Waals surface area contributed by atoms with E-state index >= 15 is 0 Å². The monoisotopic (exact) mass is 310 g/mol. The largest absolute Gasteiger partial charge is 0.352 e. The number of nitrogens with zero attached hydrogens (tertiary/aromatic N) is 3. The summed E-state index contributed by atoms with van der Waals surface area (Å²) in [6, 6.07) is 10.4. The van der Waals surface area contributed by atoms with Crippen molar-refractivity contribution in [2.45, 2.75) is 26.8 Å². The molecule has 0 spiro atoms. The Bertz CT molecular complexity index is 679. The van der Waals surface area contributed by atoms with E-state index in [4.69, 9.17) is 0 Å². The Hall–Kier alpha value is -2.10. The van der Waals surface area contributed by atoms with Crippen molar-refractivity contribution in [2.24, 2.45) is 16.8 Å². The number of hydrogen-bond donors (Lipinski definition) is 1. The van der Waals surface area contributed by atoms with Crippen LogP contribution in [0.25, 0.3) is 10.9 Å². The molecule has 3 rings (SSSR count). The first-order valence-electron chi connectivity index (χ1n) is 8.45. The maximum Gasteiger partial charge on any atom is 0.193 e. The maximum absolute atomic E-state index is 4.53. The van der Waals surface area contributed by atoms with Gasteiger partial charge in [0.1, 0.15) is 0 Å². The zero-order valence-electron chi connectivity index (χ0n) is 14.3. The number of pyridine rings is 1. The zero-order chi connectivity index (χ0) is 16.2. The van der Waals surface area contributed by atoms with Crippen LogP contribution in [0.3, 0.4) is 0 Å². The number of para-hydroxylation sites is 1. The molecule has 1 aromatic heterocycles. The molecule has 0 saturated carbocycles. The zero-order valence-corrected chi connectivity index (χ0v) is 14.3. The van der Waals surface area contributed by atoms with Crippen molar-refractivity contribution >= 4 is 16.9 Å². The lowest BCUT2D eigenvalue weighted by atomic mass is 9.92. The highest BCUT2D eigenvalue weighted by atomic mass is 15.3. The van der Waals surface area contributed by atoms with Crippen LogP contribution in [-0.4, -0.2) is 36.0 Å². The molecule has 2 unspecified atom stereocenters. The number of aliphatic imine (C=N–C) groups is 1. The number of hydrogen-bond acceptors (Lipinski definition) is 2. The Morgan fingerprint density at radius 2 is 1.96 bits per heavy atom. The Balaban J connectivity index is 1.73. The summed E-state index contributed by atoms with van der Waals surface area (Å²) in [6.45, 7) is 7.56. The molecule has 1 saturated heterocycles. The number of nitrogens with one attached hydrogen (secondary N) is 1. The lowest BCUT2D eigenvalue weighted by Gasteiger charge is -2.37. The summed E-state index contributed by atoms with van der Waals surface area (Å²) < 4.78 is 0. The van der Waals surface area contributed by atoms with Crippen molar-refractivity contribution in [3.8, 4) is 0 Å². The second-order valence-electron chi connectivity index (χ2n) is 6.74.